The number of allylic oxidation sites excluding steroid dienone is 1. The fraction of sp³-hybridized carbons (Fsp3) is 0.182. The van der Waals surface area contributed by atoms with Gasteiger partial charge < -0.3 is 6.92 Å². The molecule has 0 N–H and O–H groups in total. The Morgan fingerprint density at radius 1 is 1.14 bits per heavy atom. The fourth-order valence-electron chi connectivity index (χ4n) is 1.67. The van der Waals surface area contributed by atoms with Crippen molar-refractivity contribution in [2.24, 2.45) is 0 Å². The first-order valence-electron chi connectivity index (χ1n) is 4.21. The Kier molecular flexibility index (Phi) is 1.91. The van der Waals surface area contributed by atoms with Crippen LogP contribution in [-0.4, -0.2) is 6.18 Å². The maximum absolute atomic E-state index is 12.5. The monoisotopic (exact) mass is 197 g/mol. The highest BCUT2D eigenvalue weighted by atomic mass is 19.4. The van der Waals surface area contributed by atoms with E-state index in [9.17, 15) is 13.2 Å². The first-order valence-corrected chi connectivity index (χ1v) is 4.21. The summed E-state index contributed by atoms with van der Waals surface area (Å²) in [5.74, 6) is -0.786. The third-order valence-corrected chi connectivity index (χ3v) is 2.39. The molecule has 0 spiro atoms. The van der Waals surface area contributed by atoms with E-state index in [1.54, 1.807) is 24.3 Å². The molecule has 14 heavy (non-hydrogen) atoms. The molecule has 0 aliphatic heterocycles. The lowest BCUT2D eigenvalue weighted by atomic mass is 9.98. The molecule has 0 heterocycles. The second-order valence-electron chi connectivity index (χ2n) is 3.28. The van der Waals surface area contributed by atoms with Gasteiger partial charge in [0.1, 0.15) is 0 Å². The van der Waals surface area contributed by atoms with Gasteiger partial charge in [-0.25, -0.2) is 0 Å². The largest absolute Gasteiger partial charge is 0.410 e. The first-order chi connectivity index (χ1) is 6.50. The third-order valence-electron chi connectivity index (χ3n) is 2.39. The molecule has 0 saturated heterocycles. The molecular formula is C11H8F3-. The highest BCUT2D eigenvalue weighted by molar-refractivity contribution is 5.68. The van der Waals surface area contributed by atoms with E-state index >= 15 is 0 Å². The molecule has 1 unspecified atom stereocenters. The van der Waals surface area contributed by atoms with Crippen LogP contribution in [0.2, 0.25) is 0 Å². The third kappa shape index (κ3) is 1.33. The molecule has 2 rings (SSSR count). The van der Waals surface area contributed by atoms with Crippen LogP contribution in [0.25, 0.3) is 6.08 Å². The minimum absolute atomic E-state index is 0.557. The lowest BCUT2D eigenvalue weighted by molar-refractivity contribution is -0.0932. The van der Waals surface area contributed by atoms with Crippen LogP contribution in [-0.2, 0) is 0 Å². The van der Waals surface area contributed by atoms with E-state index in [0.717, 1.165) is 0 Å². The van der Waals surface area contributed by atoms with Gasteiger partial charge in [-0.15, -0.1) is 5.92 Å². The van der Waals surface area contributed by atoms with Gasteiger partial charge in [-0.05, 0) is 11.6 Å². The van der Waals surface area contributed by atoms with Crippen LogP contribution < -0.4 is 0 Å². The molecule has 0 saturated carbocycles. The van der Waals surface area contributed by atoms with Gasteiger partial charge in [-0.2, -0.15) is 13.2 Å². The average molecular weight is 197 g/mol. The van der Waals surface area contributed by atoms with E-state index in [2.05, 4.69) is 6.92 Å². The fourth-order valence-corrected chi connectivity index (χ4v) is 1.67. The molecule has 1 aromatic carbocycles. The second kappa shape index (κ2) is 2.87. The molecular weight excluding hydrogens is 189 g/mol. The van der Waals surface area contributed by atoms with Crippen molar-refractivity contribution in [3.05, 3.63) is 47.9 Å². The summed E-state index contributed by atoms with van der Waals surface area (Å²) in [5, 5.41) is 0. The summed E-state index contributed by atoms with van der Waals surface area (Å²) >= 11 is 0. The van der Waals surface area contributed by atoms with E-state index in [1.807, 2.05) is 0 Å². The van der Waals surface area contributed by atoms with Crippen LogP contribution in [0.5, 0.6) is 0 Å². The number of hydrogen-bond acceptors (Lipinski definition) is 0. The molecule has 0 radical (unpaired) electrons. The Balaban J connectivity index is 2.47. The molecule has 0 aromatic heterocycles. The van der Waals surface area contributed by atoms with Gasteiger partial charge in [0.25, 0.3) is 0 Å². The van der Waals surface area contributed by atoms with Crippen molar-refractivity contribution >= 4 is 6.08 Å². The molecule has 0 nitrogen and oxygen atoms in total. The summed E-state index contributed by atoms with van der Waals surface area (Å²) in [6.45, 7) is 3.54. The summed E-state index contributed by atoms with van der Waals surface area (Å²) < 4.78 is 37.4. The van der Waals surface area contributed by atoms with E-state index in [0.29, 0.717) is 11.1 Å². The smallest absolute Gasteiger partial charge is 0.332 e. The molecule has 0 amide bonds. The van der Waals surface area contributed by atoms with E-state index in [-0.39, 0.29) is 0 Å². The second-order valence-corrected chi connectivity index (χ2v) is 3.28. The lowest BCUT2D eigenvalue weighted by Crippen LogP contribution is -2.14. The molecule has 3 heteroatoms. The van der Waals surface area contributed by atoms with Crippen molar-refractivity contribution < 1.29 is 13.2 Å². The van der Waals surface area contributed by atoms with Crippen molar-refractivity contribution in [3.63, 3.8) is 0 Å². The van der Waals surface area contributed by atoms with Gasteiger partial charge in [0, 0.05) is 5.57 Å². The number of alkyl halides is 3. The maximum atomic E-state index is 12.5. The summed E-state index contributed by atoms with van der Waals surface area (Å²) in [7, 11) is 0. The molecule has 1 aromatic rings. The highest BCUT2D eigenvalue weighted by Crippen LogP contribution is 2.43. The van der Waals surface area contributed by atoms with Gasteiger partial charge in [0.05, 0.1) is 0 Å². The summed E-state index contributed by atoms with van der Waals surface area (Å²) in [6, 6.07) is 6.81. The van der Waals surface area contributed by atoms with Gasteiger partial charge in [-0.3, -0.25) is 0 Å². The number of fused-ring (bicyclic) bond motifs is 1. The Morgan fingerprint density at radius 3 is 2.36 bits per heavy atom. The van der Waals surface area contributed by atoms with Gasteiger partial charge >= 0.3 is 6.18 Å². The standard InChI is InChI=1S/C11H8F3/c1-7-9-5-3-2-4-8(9)6-10(7)11(12,13)14/h2-7H,1H2/q-1. The number of hydrogen-bond donors (Lipinski definition) is 0. The lowest BCUT2D eigenvalue weighted by Gasteiger charge is -2.19. The summed E-state index contributed by atoms with van der Waals surface area (Å²) in [4.78, 5) is 0. The van der Waals surface area contributed by atoms with E-state index in [1.165, 1.54) is 6.08 Å². The Morgan fingerprint density at radius 2 is 1.79 bits per heavy atom. The summed E-state index contributed by atoms with van der Waals surface area (Å²) in [6.07, 6.45) is -3.10. The van der Waals surface area contributed by atoms with E-state index < -0.39 is 17.7 Å². The van der Waals surface area contributed by atoms with Crippen molar-refractivity contribution in [1.29, 1.82) is 0 Å². The topological polar surface area (TPSA) is 0 Å². The zero-order chi connectivity index (χ0) is 10.3. The Bertz CT molecular complexity index is 388. The zero-order valence-corrected chi connectivity index (χ0v) is 7.31. The number of benzene rings is 1. The predicted octanol–water partition coefficient (Wildman–Crippen LogP) is 3.56. The minimum Gasteiger partial charge on any atom is -0.332 e. The zero-order valence-electron chi connectivity index (χ0n) is 7.31. The molecule has 1 aliphatic carbocycles. The molecule has 1 aliphatic rings. The van der Waals surface area contributed by atoms with Crippen LogP contribution in [0, 0.1) is 6.92 Å². The van der Waals surface area contributed by atoms with Crippen molar-refractivity contribution in [2.45, 2.75) is 12.1 Å². The molecule has 74 valence electrons. The molecule has 0 fully saturated rings. The normalized spacial score (nSPS) is 20.6. The van der Waals surface area contributed by atoms with Crippen LogP contribution >= 0.6 is 0 Å². The molecule has 0 bridgehead atoms. The highest BCUT2D eigenvalue weighted by Gasteiger charge is 2.37. The predicted molar refractivity (Wildman–Crippen MR) is 48.6 cm³/mol. The van der Waals surface area contributed by atoms with Crippen LogP contribution in [0.4, 0.5) is 13.2 Å². The van der Waals surface area contributed by atoms with Gasteiger partial charge in [-0.1, -0.05) is 29.8 Å². The maximum Gasteiger partial charge on any atom is 0.410 e. The number of rotatable bonds is 0. The SMILES string of the molecule is [CH2-]C1C(C(F)(F)F)=Cc2ccccc21. The quantitative estimate of drug-likeness (QED) is 0.558. The van der Waals surface area contributed by atoms with Crippen LogP contribution in [0.3, 0.4) is 0 Å². The van der Waals surface area contributed by atoms with Crippen molar-refractivity contribution in [1.82, 2.24) is 0 Å². The Labute approximate surface area is 80.1 Å². The van der Waals surface area contributed by atoms with Crippen molar-refractivity contribution in [2.75, 3.05) is 0 Å². The van der Waals surface area contributed by atoms with Crippen molar-refractivity contribution in [3.8, 4) is 0 Å². The molecule has 1 atom stereocenters. The van der Waals surface area contributed by atoms with Gasteiger partial charge in [0.15, 0.2) is 0 Å². The van der Waals surface area contributed by atoms with E-state index in [4.69, 9.17) is 0 Å². The Hall–Kier alpha value is -1.25. The summed E-state index contributed by atoms with van der Waals surface area (Å²) in [5.41, 5.74) is 0.721. The average Bonchev–Trinajstić information content (AvgIpc) is 2.44. The first kappa shape index (κ1) is 9.31. The van der Waals surface area contributed by atoms with Crippen LogP contribution in [0.1, 0.15) is 17.0 Å². The van der Waals surface area contributed by atoms with Gasteiger partial charge in [0.2, 0.25) is 0 Å². The number of halogens is 3. The minimum atomic E-state index is -4.27. The van der Waals surface area contributed by atoms with Crippen LogP contribution in [0.15, 0.2) is 29.8 Å².